The summed E-state index contributed by atoms with van der Waals surface area (Å²) >= 11 is 0. The highest BCUT2D eigenvalue weighted by atomic mass is 28.5. The standard InChI is InChI=1S/C14H23NO5Si2/c1-6-18-21(3,4)20-22(5,19-7-2)12-8-11-15-13(16)9-10-14(15)17/h2,9-10H,6,8,11-12H2,1,3-5H3. The molecule has 2 amide bonds. The maximum Gasteiger partial charge on any atom is 0.397 e. The molecule has 0 saturated carbocycles. The van der Waals surface area contributed by atoms with Crippen LogP contribution in [0.15, 0.2) is 12.2 Å². The lowest BCUT2D eigenvalue weighted by atomic mass is 10.4. The van der Waals surface area contributed by atoms with Crippen molar-refractivity contribution in [3.63, 3.8) is 0 Å². The van der Waals surface area contributed by atoms with Gasteiger partial charge in [0, 0.05) is 31.3 Å². The first-order valence-corrected chi connectivity index (χ1v) is 12.6. The predicted molar refractivity (Wildman–Crippen MR) is 87.0 cm³/mol. The van der Waals surface area contributed by atoms with Crippen LogP contribution in [0, 0.1) is 12.5 Å². The fourth-order valence-corrected chi connectivity index (χ4v) is 9.17. The molecular weight excluding hydrogens is 318 g/mol. The second-order valence-electron chi connectivity index (χ2n) is 5.55. The number of amides is 2. The van der Waals surface area contributed by atoms with Crippen molar-refractivity contribution >= 4 is 28.9 Å². The van der Waals surface area contributed by atoms with E-state index in [9.17, 15) is 9.59 Å². The Bertz CT molecular complexity index is 482. The van der Waals surface area contributed by atoms with Gasteiger partial charge in [-0.2, -0.15) is 0 Å². The number of carbonyl (C=O) groups is 2. The fraction of sp³-hybridized carbons (Fsp3) is 0.571. The molecule has 6 nitrogen and oxygen atoms in total. The first-order chi connectivity index (χ1) is 10.2. The van der Waals surface area contributed by atoms with Crippen LogP contribution in [0.5, 0.6) is 0 Å². The Morgan fingerprint density at radius 2 is 1.82 bits per heavy atom. The molecule has 122 valence electrons. The van der Waals surface area contributed by atoms with Crippen LogP contribution < -0.4 is 0 Å². The van der Waals surface area contributed by atoms with Gasteiger partial charge >= 0.3 is 17.1 Å². The normalized spacial score (nSPS) is 17.5. The number of nitrogens with zero attached hydrogens (tertiary/aromatic N) is 1. The Balaban J connectivity index is 2.58. The molecule has 0 aromatic carbocycles. The van der Waals surface area contributed by atoms with E-state index in [-0.39, 0.29) is 11.8 Å². The average Bonchev–Trinajstić information content (AvgIpc) is 2.69. The van der Waals surface area contributed by atoms with Crippen LogP contribution in [0.25, 0.3) is 0 Å². The molecule has 22 heavy (non-hydrogen) atoms. The van der Waals surface area contributed by atoms with Crippen molar-refractivity contribution in [2.24, 2.45) is 0 Å². The van der Waals surface area contributed by atoms with Crippen LogP contribution in [-0.4, -0.2) is 47.0 Å². The lowest BCUT2D eigenvalue weighted by Gasteiger charge is -2.33. The maximum absolute atomic E-state index is 11.5. The number of carbonyl (C=O) groups excluding carboxylic acids is 2. The van der Waals surface area contributed by atoms with Crippen LogP contribution >= 0.6 is 0 Å². The summed E-state index contributed by atoms with van der Waals surface area (Å²) in [6.45, 7) is 8.59. The van der Waals surface area contributed by atoms with Gasteiger partial charge in [0.05, 0.1) is 6.11 Å². The van der Waals surface area contributed by atoms with Gasteiger partial charge in [-0.05, 0) is 33.0 Å². The third-order valence-electron chi connectivity index (χ3n) is 3.14. The molecule has 1 aliphatic rings. The molecule has 0 saturated heterocycles. The monoisotopic (exact) mass is 341 g/mol. The van der Waals surface area contributed by atoms with Gasteiger partial charge in [-0.25, -0.2) is 0 Å². The van der Waals surface area contributed by atoms with Gasteiger partial charge in [-0.15, -0.1) is 0 Å². The molecule has 0 aromatic heterocycles. The molecule has 1 unspecified atom stereocenters. The SMILES string of the molecule is C#CO[Si](C)(CCCN1C(=O)C=CC1=O)O[Si](C)(C)OCC. The molecule has 1 aliphatic heterocycles. The number of rotatable bonds is 9. The summed E-state index contributed by atoms with van der Waals surface area (Å²) < 4.78 is 17.2. The van der Waals surface area contributed by atoms with Crippen LogP contribution in [0.3, 0.4) is 0 Å². The lowest BCUT2D eigenvalue weighted by molar-refractivity contribution is -0.136. The third-order valence-corrected chi connectivity index (χ3v) is 9.63. The molecule has 0 radical (unpaired) electrons. The molecule has 0 bridgehead atoms. The van der Waals surface area contributed by atoms with Crippen LogP contribution in [0.4, 0.5) is 0 Å². The molecule has 0 spiro atoms. The second-order valence-corrected chi connectivity index (χ2v) is 12.4. The third kappa shape index (κ3) is 5.42. The van der Waals surface area contributed by atoms with Crippen LogP contribution in [0.1, 0.15) is 13.3 Å². The Morgan fingerprint density at radius 1 is 1.23 bits per heavy atom. The Kier molecular flexibility index (Phi) is 6.55. The zero-order chi connectivity index (χ0) is 16.8. The van der Waals surface area contributed by atoms with Crippen molar-refractivity contribution in [2.45, 2.75) is 39.0 Å². The van der Waals surface area contributed by atoms with Gasteiger partial charge in [-0.3, -0.25) is 14.5 Å². The summed E-state index contributed by atoms with van der Waals surface area (Å²) in [4.78, 5) is 24.2. The Labute approximate surface area is 133 Å². The van der Waals surface area contributed by atoms with Crippen LogP contribution in [-0.2, 0) is 22.6 Å². The topological polar surface area (TPSA) is 65.1 Å². The summed E-state index contributed by atoms with van der Waals surface area (Å²) in [6, 6.07) is 0.581. The summed E-state index contributed by atoms with van der Waals surface area (Å²) in [5, 5.41) is 0. The van der Waals surface area contributed by atoms with Crippen molar-refractivity contribution in [2.75, 3.05) is 13.2 Å². The van der Waals surface area contributed by atoms with Crippen molar-refractivity contribution in [1.29, 1.82) is 0 Å². The molecule has 0 aromatic rings. The minimum atomic E-state index is -2.61. The van der Waals surface area contributed by atoms with Gasteiger partial charge in [0.15, 0.2) is 0 Å². The summed E-state index contributed by atoms with van der Waals surface area (Å²) in [5.41, 5.74) is 0. The first-order valence-electron chi connectivity index (χ1n) is 7.24. The Morgan fingerprint density at radius 3 is 2.32 bits per heavy atom. The van der Waals surface area contributed by atoms with Crippen molar-refractivity contribution < 1.29 is 22.6 Å². The quantitative estimate of drug-likeness (QED) is 0.363. The minimum Gasteiger partial charge on any atom is -0.474 e. The molecule has 8 heteroatoms. The molecular formula is C14H23NO5Si2. The smallest absolute Gasteiger partial charge is 0.397 e. The summed E-state index contributed by atoms with van der Waals surface area (Å²) in [5.74, 6) is -0.563. The molecule has 1 atom stereocenters. The van der Waals surface area contributed by atoms with E-state index in [2.05, 4.69) is 6.11 Å². The van der Waals surface area contributed by atoms with Gasteiger partial charge in [0.2, 0.25) is 0 Å². The zero-order valence-electron chi connectivity index (χ0n) is 13.5. The van der Waals surface area contributed by atoms with E-state index in [0.717, 1.165) is 0 Å². The highest BCUT2D eigenvalue weighted by Crippen LogP contribution is 2.22. The minimum absolute atomic E-state index is 0.281. The first kappa shape index (κ1) is 18.6. The largest absolute Gasteiger partial charge is 0.474 e. The Hall–Kier alpha value is -1.41. The van der Waals surface area contributed by atoms with E-state index >= 15 is 0 Å². The summed E-state index contributed by atoms with van der Waals surface area (Å²) in [6.07, 6.45) is 10.6. The number of hydrogen-bond acceptors (Lipinski definition) is 5. The van der Waals surface area contributed by atoms with E-state index in [0.29, 0.717) is 25.6 Å². The molecule has 0 fully saturated rings. The van der Waals surface area contributed by atoms with Gasteiger partial charge in [0.25, 0.3) is 11.8 Å². The van der Waals surface area contributed by atoms with E-state index in [1.165, 1.54) is 17.1 Å². The van der Waals surface area contributed by atoms with Gasteiger partial charge < -0.3 is 13.0 Å². The highest BCUT2D eigenvalue weighted by molar-refractivity contribution is 6.79. The highest BCUT2D eigenvalue weighted by Gasteiger charge is 2.41. The molecule has 1 rings (SSSR count). The van der Waals surface area contributed by atoms with E-state index < -0.39 is 17.1 Å². The van der Waals surface area contributed by atoms with E-state index in [4.69, 9.17) is 19.4 Å². The molecule has 0 aliphatic carbocycles. The van der Waals surface area contributed by atoms with E-state index in [1.807, 2.05) is 26.6 Å². The number of imide groups is 1. The second kappa shape index (κ2) is 7.73. The van der Waals surface area contributed by atoms with Gasteiger partial charge in [-0.1, -0.05) is 6.42 Å². The fourth-order valence-electron chi connectivity index (χ4n) is 2.35. The maximum atomic E-state index is 11.5. The number of terminal acetylenes is 1. The molecule has 0 N–H and O–H groups in total. The van der Waals surface area contributed by atoms with Gasteiger partial charge in [0.1, 0.15) is 0 Å². The lowest BCUT2D eigenvalue weighted by Crippen LogP contribution is -2.50. The molecule has 1 heterocycles. The summed E-state index contributed by atoms with van der Waals surface area (Å²) in [7, 11) is -4.91. The average molecular weight is 342 g/mol. The number of hydrogen-bond donors (Lipinski definition) is 0. The van der Waals surface area contributed by atoms with Crippen molar-refractivity contribution in [1.82, 2.24) is 4.90 Å². The van der Waals surface area contributed by atoms with Crippen molar-refractivity contribution in [3.8, 4) is 12.5 Å². The van der Waals surface area contributed by atoms with E-state index in [1.54, 1.807) is 0 Å². The zero-order valence-corrected chi connectivity index (χ0v) is 15.5. The van der Waals surface area contributed by atoms with Crippen LogP contribution in [0.2, 0.25) is 25.7 Å². The predicted octanol–water partition coefficient (Wildman–Crippen LogP) is 1.74. The van der Waals surface area contributed by atoms with Crippen molar-refractivity contribution in [3.05, 3.63) is 12.2 Å².